The molecule has 108 heavy (non-hydrogen) atoms. The van der Waals surface area contributed by atoms with Gasteiger partial charge in [0.1, 0.15) is 52.0 Å². The maximum atomic E-state index is 14.2. The first-order valence-corrected chi connectivity index (χ1v) is 40.5. The summed E-state index contributed by atoms with van der Waals surface area (Å²) in [5, 5.41) is 45.2. The minimum absolute atomic E-state index is 0.101. The van der Waals surface area contributed by atoms with Crippen LogP contribution in [0.25, 0.3) is 0 Å². The molecule has 0 spiro atoms. The molecule has 7 aliphatic rings. The van der Waals surface area contributed by atoms with Crippen molar-refractivity contribution in [2.24, 2.45) is 43.5 Å². The lowest BCUT2D eigenvalue weighted by molar-refractivity contribution is -0.514. The van der Waals surface area contributed by atoms with Gasteiger partial charge in [0, 0.05) is 33.3 Å². The predicted molar refractivity (Wildman–Crippen MR) is 425 cm³/mol. The Labute approximate surface area is 631 Å². The number of hydrogen-bond acceptors (Lipinski definition) is 24. The van der Waals surface area contributed by atoms with Crippen molar-refractivity contribution in [2.75, 3.05) is 0 Å². The Hall–Kier alpha value is -9.09. The lowest BCUT2D eigenvalue weighted by atomic mass is 9.84. The monoisotopic (exact) mass is 1530 g/mol. The average molecular weight is 1530 g/mol. The molecule has 7 aliphatic heterocycles. The third kappa shape index (κ3) is 12.5. The molecule has 0 unspecified atom stereocenters. The number of nitrogens with zero attached hydrogens (tertiary/aromatic N) is 15. The Morgan fingerprint density at radius 2 is 0.426 bits per heavy atom. The van der Waals surface area contributed by atoms with Gasteiger partial charge in [0.05, 0.1) is 33.3 Å². The molecule has 570 valence electrons. The first kappa shape index (κ1) is 77.1. The topological polar surface area (TPSA) is 306 Å². The Balaban J connectivity index is 1.08. The maximum absolute atomic E-state index is 14.2. The summed E-state index contributed by atoms with van der Waals surface area (Å²) < 4.78 is 63.6. The van der Waals surface area contributed by atoms with Gasteiger partial charge in [0.2, 0.25) is 0 Å². The number of amidine groups is 6. The molecule has 0 amide bonds. The summed E-state index contributed by atoms with van der Waals surface area (Å²) in [6.07, 6.45) is 0. The van der Waals surface area contributed by atoms with Gasteiger partial charge >= 0.3 is 40.5 Å². The number of hydroxylamine groups is 6. The van der Waals surface area contributed by atoms with Crippen molar-refractivity contribution < 1.29 is 41.4 Å². The van der Waals surface area contributed by atoms with Crippen LogP contribution in [0.1, 0.15) is 200 Å². The maximum Gasteiger partial charge on any atom is 0.460 e. The van der Waals surface area contributed by atoms with Gasteiger partial charge in [-0.1, -0.05) is 43.2 Å². The van der Waals surface area contributed by atoms with Crippen molar-refractivity contribution in [2.45, 2.75) is 233 Å². The van der Waals surface area contributed by atoms with Crippen molar-refractivity contribution in [1.82, 2.24) is 15.2 Å². The van der Waals surface area contributed by atoms with Crippen LogP contribution in [0.5, 0.6) is 34.5 Å². The molecule has 27 nitrogen and oxygen atoms in total. The molecule has 6 aromatic rings. The molecule has 0 fully saturated rings. The van der Waals surface area contributed by atoms with E-state index < -0.39 is 89.4 Å². The number of benzene rings is 6. The highest BCUT2D eigenvalue weighted by molar-refractivity contribution is 7.79. The van der Waals surface area contributed by atoms with E-state index in [0.29, 0.717) is 33.4 Å². The first-order chi connectivity index (χ1) is 49.8. The second-order valence-corrected chi connectivity index (χ2v) is 40.7. The molecular formula is C78H96N15O12P3. The lowest BCUT2D eigenvalue weighted by Crippen LogP contribution is -2.50. The molecular weight excluding hydrogens is 1430 g/mol. The number of rotatable bonds is 18. The van der Waals surface area contributed by atoms with E-state index >= 15 is 0 Å². The molecule has 0 N–H and O–H groups in total. The normalized spacial score (nSPS) is 26.4. The first-order valence-electron chi connectivity index (χ1n) is 35.9. The molecule has 30 heteroatoms. The van der Waals surface area contributed by atoms with Crippen LogP contribution in [0.3, 0.4) is 0 Å². The zero-order valence-corrected chi connectivity index (χ0v) is 68.5. The quantitative estimate of drug-likeness (QED) is 0.0570. The van der Waals surface area contributed by atoms with E-state index in [1.165, 1.54) is 0 Å². The second kappa shape index (κ2) is 25.0. The van der Waals surface area contributed by atoms with E-state index in [1.807, 2.05) is 166 Å². The van der Waals surface area contributed by atoms with Crippen LogP contribution < -0.4 is 27.1 Å². The highest BCUT2D eigenvalue weighted by atomic mass is 31.3. The molecule has 0 radical (unpaired) electrons. The van der Waals surface area contributed by atoms with Crippen molar-refractivity contribution in [1.29, 1.82) is 0 Å². The average Bonchev–Trinajstić information content (AvgIpc) is 1.06. The van der Waals surface area contributed by atoms with Crippen molar-refractivity contribution in [3.63, 3.8) is 0 Å². The summed E-state index contributed by atoms with van der Waals surface area (Å²) in [6.45, 7) is 44.8. The summed E-state index contributed by atoms with van der Waals surface area (Å²) in [4.78, 5) is 72.0. The van der Waals surface area contributed by atoms with Crippen LogP contribution in [-0.2, 0) is 0 Å². The van der Waals surface area contributed by atoms with Crippen molar-refractivity contribution in [3.8, 4) is 34.5 Å². The Bertz CT molecular complexity index is 4610. The van der Waals surface area contributed by atoms with Gasteiger partial charge in [-0.25, -0.2) is 0 Å². The largest absolute Gasteiger partial charge is 0.757 e. The van der Waals surface area contributed by atoms with Crippen molar-refractivity contribution in [3.05, 3.63) is 209 Å². The Morgan fingerprint density at radius 1 is 0.259 bits per heavy atom. The molecule has 0 aromatic heterocycles. The van der Waals surface area contributed by atoms with Gasteiger partial charge < -0.3 is 58.0 Å². The van der Waals surface area contributed by atoms with E-state index in [2.05, 4.69) is 0 Å². The minimum Gasteiger partial charge on any atom is -0.757 e. The van der Waals surface area contributed by atoms with Gasteiger partial charge in [-0.05, 0) is 326 Å². The van der Waals surface area contributed by atoms with Crippen LogP contribution in [0.4, 0.5) is 0 Å². The van der Waals surface area contributed by atoms with E-state index in [4.69, 9.17) is 70.6 Å². The minimum atomic E-state index is -4.79. The van der Waals surface area contributed by atoms with Gasteiger partial charge in [-0.3, -0.25) is 15.0 Å². The van der Waals surface area contributed by atoms with Crippen LogP contribution >= 0.6 is 23.0 Å². The standard InChI is InChI=1S/C78H96N15O12P3/c1-67(2)73(13,14)88(94)61(79-67)49-25-37-55(38-26-49)100-106(101-56-39-27-50(28-40-56)62-80-68(3,4)74(15,16)89(62)95)85-107(102-57-41-29-51(30-42-57)63-81-69(5,6)75(17,18)90(63)96,103-58-43-31-52(32-44-58)64-82-70(7,8)76(19,20)91(64)97)87-108(86-106,104-59-45-33-53(34-46-59)65-83-71(9,10)77(21,22)92(65)98)105-60-47-35-54(36-48-60)66-84-72(11,12)78(23,24)93(66)99/h25-48H,1-24H3. The summed E-state index contributed by atoms with van der Waals surface area (Å²) in [5.74, 6) is 1.79. The Morgan fingerprint density at radius 3 is 0.565 bits per heavy atom. The van der Waals surface area contributed by atoms with Gasteiger partial charge in [0.25, 0.3) is 0 Å². The number of aliphatic imine (C=N–C) groups is 6. The fraction of sp³-hybridized carbons (Fsp3) is 0.462. The van der Waals surface area contributed by atoms with Crippen LogP contribution in [0.2, 0.25) is 0 Å². The van der Waals surface area contributed by atoms with E-state index in [-0.39, 0.29) is 69.5 Å². The Kier molecular flexibility index (Phi) is 17.8. The molecule has 0 atom stereocenters. The van der Waals surface area contributed by atoms with Gasteiger partial charge in [-0.2, -0.15) is 0 Å². The smallest absolute Gasteiger partial charge is 0.460 e. The predicted octanol–water partition coefficient (Wildman–Crippen LogP) is 19.0. The molecule has 6 aromatic carbocycles. The summed E-state index contributed by atoms with van der Waals surface area (Å²) in [7, 11) is -14.4. The summed E-state index contributed by atoms with van der Waals surface area (Å²) in [6, 6.07) is 39.8. The SMILES string of the molecule is CC1(C)N=C(c2ccc(OP3(Oc4ccc(C5=NC(C)(C)C(C)(C)[N+]5=O)cc4)=NP(Oc4ccc(C5=NC(C)(C)C(C)(C)N5[O-])cc4)(Oc4ccc(C5=NC(C)(C)C(C)(C)[N+]5=O)cc4)=NP(Oc4ccc(C5=NC(C)(C)C(C)(C)N5[O-])cc4)(Oc4ccc(C5=NC(C)(C)C(C)(C)[N+]5=O)cc4)=N3)cc2)N([O-])C1(C)C. The third-order valence-electron chi connectivity index (χ3n) is 24.2. The second-order valence-electron chi connectivity index (χ2n) is 34.5. The van der Waals surface area contributed by atoms with E-state index in [1.54, 1.807) is 146 Å². The molecule has 13 rings (SSSR count). The fourth-order valence-electron chi connectivity index (χ4n) is 12.4. The highest BCUT2D eigenvalue weighted by Gasteiger charge is 2.62. The lowest BCUT2D eigenvalue weighted by Gasteiger charge is -2.45. The summed E-state index contributed by atoms with van der Waals surface area (Å²) in [5.41, 5.74) is -7.35. The zero-order valence-electron chi connectivity index (χ0n) is 65.8. The molecule has 0 aliphatic carbocycles. The molecule has 0 saturated heterocycles. The number of nitroso groups, excluding NO2 is 3. The summed E-state index contributed by atoms with van der Waals surface area (Å²) >= 11 is 0. The fourth-order valence-corrected chi connectivity index (χ4v) is 21.5. The van der Waals surface area contributed by atoms with Crippen LogP contribution in [-0.4, -0.2) is 131 Å². The van der Waals surface area contributed by atoms with Gasteiger partial charge in [-0.15, -0.1) is 0 Å². The van der Waals surface area contributed by atoms with Crippen molar-refractivity contribution >= 4 is 58.0 Å². The zero-order chi connectivity index (χ0) is 78.9. The molecule has 7 heterocycles. The van der Waals surface area contributed by atoms with E-state index in [9.17, 15) is 30.3 Å². The molecule has 0 bridgehead atoms. The van der Waals surface area contributed by atoms with Crippen LogP contribution in [0.15, 0.2) is 189 Å². The highest BCUT2D eigenvalue weighted by Crippen LogP contribution is 2.79. The van der Waals surface area contributed by atoms with Crippen LogP contribution in [0, 0.1) is 30.3 Å². The van der Waals surface area contributed by atoms with E-state index in [0.717, 1.165) is 29.5 Å². The molecule has 0 saturated carbocycles. The van der Waals surface area contributed by atoms with Gasteiger partial charge in [0.15, 0.2) is 33.2 Å². The third-order valence-corrected chi connectivity index (χ3v) is 32.3. The number of hydrogen-bond donors (Lipinski definition) is 0.